The number of halogens is 3. The number of carboxylic acid groups (broad SMARTS) is 2. The minimum Gasteiger partial charge on any atom is -0.478 e. The summed E-state index contributed by atoms with van der Waals surface area (Å²) in [6.07, 6.45) is -0.0961. The van der Waals surface area contributed by atoms with E-state index in [1.807, 2.05) is 48.5 Å². The molecule has 0 saturated carbocycles. The second-order valence-electron chi connectivity index (χ2n) is 11.3. The van der Waals surface area contributed by atoms with Crippen LogP contribution < -0.4 is 15.9 Å². The first-order chi connectivity index (χ1) is 23.4. The Labute approximate surface area is 276 Å². The minimum absolute atomic E-state index is 0.119. The van der Waals surface area contributed by atoms with Crippen LogP contribution in [0.5, 0.6) is 0 Å². The van der Waals surface area contributed by atoms with Crippen molar-refractivity contribution in [3.8, 4) is 16.8 Å². The number of pyridine rings is 2. The minimum atomic E-state index is -4.59. The molecule has 0 spiro atoms. The number of aliphatic carboxylic acids is 2. The molecule has 11 nitrogen and oxygen atoms in total. The lowest BCUT2D eigenvalue weighted by atomic mass is 10.0. The first kappa shape index (κ1) is 32.9. The van der Waals surface area contributed by atoms with Gasteiger partial charge >= 0.3 is 23.8 Å². The van der Waals surface area contributed by atoms with E-state index in [0.717, 1.165) is 28.1 Å². The first-order valence-electron chi connectivity index (χ1n) is 15.1. The third-order valence-electron chi connectivity index (χ3n) is 8.18. The molecule has 250 valence electrons. The van der Waals surface area contributed by atoms with Gasteiger partial charge in [0.15, 0.2) is 0 Å². The molecule has 0 aliphatic carbocycles. The van der Waals surface area contributed by atoms with E-state index in [9.17, 15) is 27.6 Å². The molecule has 0 amide bonds. The number of para-hydroxylation sites is 1. The number of rotatable bonds is 5. The molecule has 0 bridgehead atoms. The smallest absolute Gasteiger partial charge is 0.418 e. The van der Waals surface area contributed by atoms with Crippen molar-refractivity contribution in [1.29, 1.82) is 0 Å². The quantitative estimate of drug-likeness (QED) is 0.210. The van der Waals surface area contributed by atoms with Gasteiger partial charge in [-0.05, 0) is 48.0 Å². The molecule has 3 N–H and O–H groups in total. The van der Waals surface area contributed by atoms with Crippen LogP contribution in [0.25, 0.3) is 49.7 Å². The largest absolute Gasteiger partial charge is 0.478 e. The van der Waals surface area contributed by atoms with Crippen molar-refractivity contribution < 1.29 is 33.0 Å². The van der Waals surface area contributed by atoms with E-state index in [4.69, 9.17) is 10.2 Å². The molecular formula is C35H29F3N6O5. The van der Waals surface area contributed by atoms with Crippen molar-refractivity contribution in [2.24, 2.45) is 7.05 Å². The van der Waals surface area contributed by atoms with Gasteiger partial charge in [0.05, 0.1) is 39.5 Å². The first-order valence-corrected chi connectivity index (χ1v) is 15.1. The van der Waals surface area contributed by atoms with E-state index < -0.39 is 29.4 Å². The van der Waals surface area contributed by atoms with Crippen LogP contribution in [0.2, 0.25) is 0 Å². The number of fused-ring (bicyclic) bond motifs is 4. The van der Waals surface area contributed by atoms with Crippen LogP contribution in [0.3, 0.4) is 0 Å². The van der Waals surface area contributed by atoms with Gasteiger partial charge in [-0.25, -0.2) is 14.4 Å². The van der Waals surface area contributed by atoms with Crippen molar-refractivity contribution in [3.05, 3.63) is 107 Å². The molecule has 14 heteroatoms. The van der Waals surface area contributed by atoms with Gasteiger partial charge in [0.25, 0.3) is 0 Å². The lowest BCUT2D eigenvalue weighted by molar-refractivity contribution is -0.137. The Balaban J connectivity index is 0.000000466. The molecule has 1 aliphatic heterocycles. The maximum absolute atomic E-state index is 14.4. The molecule has 1 fully saturated rings. The molecule has 4 heterocycles. The second kappa shape index (κ2) is 13.2. The number of aryl methyl sites for hydroxylation is 1. The van der Waals surface area contributed by atoms with Gasteiger partial charge in [0.2, 0.25) is 0 Å². The molecule has 1 aliphatic rings. The fraction of sp³-hybridized carbons (Fsp3) is 0.171. The summed E-state index contributed by atoms with van der Waals surface area (Å²) in [4.78, 5) is 43.5. The van der Waals surface area contributed by atoms with Crippen LogP contribution in [0, 0.1) is 0 Å². The van der Waals surface area contributed by atoms with Gasteiger partial charge in [-0.1, -0.05) is 24.3 Å². The number of carboxylic acids is 2. The summed E-state index contributed by atoms with van der Waals surface area (Å²) in [5, 5.41) is 20.4. The van der Waals surface area contributed by atoms with E-state index in [0.29, 0.717) is 60.3 Å². The van der Waals surface area contributed by atoms with Crippen molar-refractivity contribution in [2.45, 2.75) is 6.18 Å². The highest BCUT2D eigenvalue weighted by atomic mass is 19.4. The van der Waals surface area contributed by atoms with Crippen LogP contribution in [-0.2, 0) is 22.8 Å². The Bertz CT molecular complexity index is 2310. The van der Waals surface area contributed by atoms with Gasteiger partial charge in [0.1, 0.15) is 0 Å². The zero-order valence-corrected chi connectivity index (χ0v) is 26.0. The molecule has 1 saturated heterocycles. The van der Waals surface area contributed by atoms with E-state index in [1.165, 1.54) is 15.2 Å². The summed E-state index contributed by atoms with van der Waals surface area (Å²) < 4.78 is 45.9. The third-order valence-corrected chi connectivity index (χ3v) is 8.18. The van der Waals surface area contributed by atoms with Crippen LogP contribution in [0.15, 0.2) is 96.1 Å². The molecule has 3 aromatic heterocycles. The van der Waals surface area contributed by atoms with Crippen molar-refractivity contribution in [1.82, 2.24) is 24.4 Å². The molecule has 0 radical (unpaired) electrons. The number of hydrogen-bond acceptors (Lipinski definition) is 7. The number of piperazine rings is 1. The standard InChI is InChI=1S/C31H25F3N6O.C4H4O4/c1-38-28-18-37-26-8-6-19(21-14-20-4-2-3-5-25(20)36-17-21)15-23(26)29(28)40(30(38)41)22-7-9-27(24(16-22)31(32,33)34)39-12-10-35-11-13-39;5-3(6)1-2-4(7)8/h2-9,14-18,35H,10-13H2,1H3;1-2H,(H,5,6)(H,7,8). The fourth-order valence-corrected chi connectivity index (χ4v) is 5.86. The van der Waals surface area contributed by atoms with Crippen LogP contribution in [0.1, 0.15) is 5.56 Å². The number of benzene rings is 3. The van der Waals surface area contributed by atoms with Crippen LogP contribution in [0.4, 0.5) is 18.9 Å². The van der Waals surface area contributed by atoms with E-state index in [1.54, 1.807) is 30.4 Å². The Hall–Kier alpha value is -6.02. The Kier molecular flexibility index (Phi) is 8.89. The van der Waals surface area contributed by atoms with Gasteiger partial charge < -0.3 is 20.4 Å². The summed E-state index contributed by atoms with van der Waals surface area (Å²) in [6.45, 7) is 2.16. The summed E-state index contributed by atoms with van der Waals surface area (Å²) in [5.74, 6) is -2.51. The topological polar surface area (TPSA) is 143 Å². The van der Waals surface area contributed by atoms with E-state index in [2.05, 4.69) is 15.3 Å². The highest BCUT2D eigenvalue weighted by Gasteiger charge is 2.36. The second-order valence-corrected chi connectivity index (χ2v) is 11.3. The normalized spacial score (nSPS) is 13.6. The SMILES string of the molecule is Cn1c(=O)n(-c2ccc(N3CCNCC3)c(C(F)(F)F)c2)c2c3cc(-c4cnc5ccccc5c4)ccc3ncc21.O=C(O)C=CC(=O)O. The molecular weight excluding hydrogens is 641 g/mol. The summed E-state index contributed by atoms with van der Waals surface area (Å²) in [7, 11) is 1.60. The lowest BCUT2D eigenvalue weighted by Crippen LogP contribution is -2.44. The number of hydrogen-bond donors (Lipinski definition) is 3. The van der Waals surface area contributed by atoms with Crippen molar-refractivity contribution in [2.75, 3.05) is 31.1 Å². The Morgan fingerprint density at radius 3 is 2.24 bits per heavy atom. The molecule has 0 atom stereocenters. The number of imidazole rings is 1. The third kappa shape index (κ3) is 6.71. The maximum atomic E-state index is 14.4. The van der Waals surface area contributed by atoms with Gasteiger partial charge in [-0.3, -0.25) is 19.1 Å². The monoisotopic (exact) mass is 670 g/mol. The number of nitrogens with zero attached hydrogens (tertiary/aromatic N) is 5. The van der Waals surface area contributed by atoms with E-state index in [-0.39, 0.29) is 11.4 Å². The average molecular weight is 671 g/mol. The zero-order chi connectivity index (χ0) is 34.9. The highest BCUT2D eigenvalue weighted by molar-refractivity contribution is 6.05. The average Bonchev–Trinajstić information content (AvgIpc) is 3.36. The van der Waals surface area contributed by atoms with Gasteiger partial charge in [0, 0.05) is 73.6 Å². The number of aromatic nitrogens is 4. The van der Waals surface area contributed by atoms with E-state index >= 15 is 0 Å². The van der Waals surface area contributed by atoms with Crippen LogP contribution in [-0.4, -0.2) is 67.4 Å². The lowest BCUT2D eigenvalue weighted by Gasteiger charge is -2.31. The Morgan fingerprint density at radius 1 is 0.857 bits per heavy atom. The van der Waals surface area contributed by atoms with Gasteiger partial charge in [-0.2, -0.15) is 13.2 Å². The molecule has 7 rings (SSSR count). The van der Waals surface area contributed by atoms with Gasteiger partial charge in [-0.15, -0.1) is 0 Å². The predicted molar refractivity (Wildman–Crippen MR) is 179 cm³/mol. The Morgan fingerprint density at radius 2 is 1.55 bits per heavy atom. The predicted octanol–water partition coefficient (Wildman–Crippen LogP) is 5.23. The number of alkyl halides is 3. The molecule has 6 aromatic rings. The number of nitrogens with one attached hydrogen (secondary N) is 1. The van der Waals surface area contributed by atoms with Crippen LogP contribution >= 0.6 is 0 Å². The molecule has 0 unspecified atom stereocenters. The summed E-state index contributed by atoms with van der Waals surface area (Å²) in [5.41, 5.74) is 3.33. The maximum Gasteiger partial charge on any atom is 0.418 e. The summed E-state index contributed by atoms with van der Waals surface area (Å²) >= 11 is 0. The fourth-order valence-electron chi connectivity index (χ4n) is 5.86. The zero-order valence-electron chi connectivity index (χ0n) is 26.0. The molecule has 3 aromatic carbocycles. The molecule has 49 heavy (non-hydrogen) atoms. The summed E-state index contributed by atoms with van der Waals surface area (Å²) in [6, 6.07) is 19.7. The highest BCUT2D eigenvalue weighted by Crippen LogP contribution is 2.39. The van der Waals surface area contributed by atoms with Crippen molar-refractivity contribution >= 4 is 50.5 Å². The van der Waals surface area contributed by atoms with Crippen molar-refractivity contribution in [3.63, 3.8) is 0 Å². The number of anilines is 1. The number of carbonyl (C=O) groups is 2.